The number of aromatic nitrogens is 3. The first-order valence-electron chi connectivity index (χ1n) is 13.6. The Hall–Kier alpha value is -1.75. The van der Waals surface area contributed by atoms with Crippen LogP contribution < -0.4 is 0 Å². The van der Waals surface area contributed by atoms with Crippen molar-refractivity contribution in [3.8, 4) is 0 Å². The summed E-state index contributed by atoms with van der Waals surface area (Å²) in [4.78, 5) is 17.9. The molecular weight excluding hydrogens is 422 g/mol. The first-order valence-corrected chi connectivity index (χ1v) is 13.6. The number of hydrogen-bond acceptors (Lipinski definition) is 4. The van der Waals surface area contributed by atoms with Gasteiger partial charge in [0.05, 0.1) is 23.5 Å². The molecule has 0 radical (unpaired) electrons. The summed E-state index contributed by atoms with van der Waals surface area (Å²) in [6.45, 7) is 9.87. The molecule has 0 aliphatic heterocycles. The number of rotatable bonds is 3. The number of ketones is 1. The standard InChI is InChI=1S/C29H41N3O2/c1-26-10-7-20-21-5-6-23(25(33)17-32-24-16-30-14-9-19(24)15-31-32)28(21,3)11-8-22(20)29(26,4)13-12-27(2,34)18-26/h9,14-16,20-23,34H,5-8,10-13,17-18H2,1-4H3/t20-,21-,22-,23+,26+,27+,28-,29+/m0/s1. The van der Waals surface area contributed by atoms with Gasteiger partial charge in [0.15, 0.2) is 5.78 Å². The molecule has 4 saturated carbocycles. The van der Waals surface area contributed by atoms with E-state index in [1.54, 1.807) is 6.20 Å². The summed E-state index contributed by atoms with van der Waals surface area (Å²) in [5.74, 6) is 2.61. The number of carbonyl (C=O) groups excluding carboxylic acids is 1. The van der Waals surface area contributed by atoms with Crippen LogP contribution in [0.15, 0.2) is 24.7 Å². The lowest BCUT2D eigenvalue weighted by Gasteiger charge is -2.66. The van der Waals surface area contributed by atoms with Crippen LogP contribution in [0.4, 0.5) is 0 Å². The van der Waals surface area contributed by atoms with Gasteiger partial charge in [-0.25, -0.2) is 0 Å². The van der Waals surface area contributed by atoms with Gasteiger partial charge in [-0.2, -0.15) is 5.10 Å². The highest BCUT2D eigenvalue weighted by molar-refractivity contribution is 5.84. The Morgan fingerprint density at radius 3 is 2.68 bits per heavy atom. The third-order valence-electron chi connectivity index (χ3n) is 11.8. The molecule has 184 valence electrons. The fraction of sp³-hybridized carbons (Fsp3) is 0.759. The van der Waals surface area contributed by atoms with Crippen molar-refractivity contribution in [2.75, 3.05) is 0 Å². The maximum absolute atomic E-state index is 13.7. The molecule has 4 aliphatic rings. The number of Topliss-reactive ketones (excluding diaryl/α,β-unsaturated/α-hetero) is 1. The normalized spacial score (nSPS) is 46.0. The number of pyridine rings is 1. The summed E-state index contributed by atoms with van der Waals surface area (Å²) in [6.07, 6.45) is 15.6. The van der Waals surface area contributed by atoms with Crippen molar-refractivity contribution in [1.29, 1.82) is 0 Å². The summed E-state index contributed by atoms with van der Waals surface area (Å²) in [5, 5.41) is 16.5. The van der Waals surface area contributed by atoms with Gasteiger partial charge in [-0.3, -0.25) is 14.5 Å². The highest BCUT2D eigenvalue weighted by atomic mass is 16.3. The van der Waals surface area contributed by atoms with Crippen LogP contribution >= 0.6 is 0 Å². The van der Waals surface area contributed by atoms with E-state index in [4.69, 9.17) is 0 Å². The third kappa shape index (κ3) is 3.11. The molecule has 0 aromatic carbocycles. The van der Waals surface area contributed by atoms with E-state index in [-0.39, 0.29) is 16.7 Å². The summed E-state index contributed by atoms with van der Waals surface area (Å²) in [5.41, 5.74) is 1.09. The van der Waals surface area contributed by atoms with Crippen molar-refractivity contribution in [2.45, 2.75) is 97.6 Å². The second-order valence-electron chi connectivity index (χ2n) is 13.4. The van der Waals surface area contributed by atoms with Crippen molar-refractivity contribution in [1.82, 2.24) is 14.8 Å². The Kier molecular flexibility index (Phi) is 4.93. The second-order valence-corrected chi connectivity index (χ2v) is 13.4. The molecule has 0 bridgehead atoms. The Balaban J connectivity index is 1.24. The van der Waals surface area contributed by atoms with Crippen molar-refractivity contribution in [2.24, 2.45) is 39.9 Å². The maximum atomic E-state index is 13.7. The van der Waals surface area contributed by atoms with E-state index in [1.165, 1.54) is 32.1 Å². The van der Waals surface area contributed by atoms with E-state index in [0.717, 1.165) is 48.4 Å². The molecule has 2 aromatic heterocycles. The molecule has 1 N–H and O–H groups in total. The molecule has 5 heteroatoms. The molecule has 0 saturated heterocycles. The van der Waals surface area contributed by atoms with Gasteiger partial charge in [-0.1, -0.05) is 20.8 Å². The molecule has 6 rings (SSSR count). The minimum atomic E-state index is -0.513. The van der Waals surface area contributed by atoms with Gasteiger partial charge in [0.2, 0.25) is 0 Å². The zero-order valence-corrected chi connectivity index (χ0v) is 21.4. The molecule has 4 aliphatic carbocycles. The molecule has 2 aromatic rings. The quantitative estimate of drug-likeness (QED) is 0.625. The van der Waals surface area contributed by atoms with Crippen molar-refractivity contribution in [3.05, 3.63) is 24.7 Å². The van der Waals surface area contributed by atoms with E-state index in [1.807, 2.05) is 30.1 Å². The Labute approximate surface area is 203 Å². The van der Waals surface area contributed by atoms with Crippen molar-refractivity contribution >= 4 is 16.7 Å². The van der Waals surface area contributed by atoms with E-state index >= 15 is 0 Å². The van der Waals surface area contributed by atoms with Crippen LogP contribution in [-0.2, 0) is 11.3 Å². The predicted octanol–water partition coefficient (Wildman–Crippen LogP) is 5.80. The average molecular weight is 464 g/mol. The van der Waals surface area contributed by atoms with Crippen LogP contribution in [-0.4, -0.2) is 31.3 Å². The Bertz CT molecular complexity index is 1120. The highest BCUT2D eigenvalue weighted by Crippen LogP contribution is 2.71. The van der Waals surface area contributed by atoms with E-state index in [9.17, 15) is 9.90 Å². The van der Waals surface area contributed by atoms with Crippen LogP contribution in [0.25, 0.3) is 10.9 Å². The van der Waals surface area contributed by atoms with Gasteiger partial charge in [0, 0.05) is 17.5 Å². The largest absolute Gasteiger partial charge is 0.390 e. The lowest BCUT2D eigenvalue weighted by molar-refractivity contribution is -0.189. The average Bonchev–Trinajstić information content (AvgIpc) is 3.35. The number of aliphatic hydroxyl groups is 1. The molecule has 0 spiro atoms. The first-order chi connectivity index (χ1) is 16.1. The van der Waals surface area contributed by atoms with Crippen LogP contribution in [0.1, 0.15) is 85.5 Å². The van der Waals surface area contributed by atoms with Crippen LogP contribution in [0.3, 0.4) is 0 Å². The first kappa shape index (κ1) is 22.7. The van der Waals surface area contributed by atoms with Gasteiger partial charge in [-0.15, -0.1) is 0 Å². The number of fused-ring (bicyclic) bond motifs is 6. The van der Waals surface area contributed by atoms with Crippen LogP contribution in [0.5, 0.6) is 0 Å². The van der Waals surface area contributed by atoms with Gasteiger partial charge in [0.1, 0.15) is 6.54 Å². The second kappa shape index (κ2) is 7.38. The zero-order valence-electron chi connectivity index (χ0n) is 21.4. The molecule has 34 heavy (non-hydrogen) atoms. The van der Waals surface area contributed by atoms with Crippen molar-refractivity contribution in [3.63, 3.8) is 0 Å². The van der Waals surface area contributed by atoms with Crippen LogP contribution in [0.2, 0.25) is 0 Å². The fourth-order valence-corrected chi connectivity index (χ4v) is 9.76. The van der Waals surface area contributed by atoms with Gasteiger partial charge in [-0.05, 0) is 105 Å². The third-order valence-corrected chi connectivity index (χ3v) is 11.8. The summed E-state index contributed by atoms with van der Waals surface area (Å²) in [7, 11) is 0. The lowest BCUT2D eigenvalue weighted by atomic mass is 9.39. The van der Waals surface area contributed by atoms with Gasteiger partial charge in [0.25, 0.3) is 0 Å². The Morgan fingerprint density at radius 1 is 1.03 bits per heavy atom. The Morgan fingerprint density at radius 2 is 1.85 bits per heavy atom. The van der Waals surface area contributed by atoms with Gasteiger partial charge >= 0.3 is 0 Å². The summed E-state index contributed by atoms with van der Waals surface area (Å²) < 4.78 is 1.86. The van der Waals surface area contributed by atoms with Crippen molar-refractivity contribution < 1.29 is 9.90 Å². The molecule has 4 fully saturated rings. The molecule has 5 nitrogen and oxygen atoms in total. The molecule has 0 unspecified atom stereocenters. The molecular formula is C29H41N3O2. The molecule has 0 amide bonds. The molecule has 8 atom stereocenters. The zero-order chi connectivity index (χ0) is 23.9. The SMILES string of the molecule is C[C@@]1(O)CC[C@]2(C)[C@H]3CC[C@]4(C)[C@@H](C(=O)Cn5ncc6ccncc65)CC[C@H]4[C@@H]3CC[C@]2(C)C1. The molecule has 2 heterocycles. The van der Waals surface area contributed by atoms with E-state index < -0.39 is 5.60 Å². The monoisotopic (exact) mass is 463 g/mol. The summed E-state index contributed by atoms with van der Waals surface area (Å²) >= 11 is 0. The highest BCUT2D eigenvalue weighted by Gasteiger charge is 2.64. The lowest BCUT2D eigenvalue weighted by Crippen LogP contribution is -2.60. The summed E-state index contributed by atoms with van der Waals surface area (Å²) in [6, 6.07) is 1.96. The van der Waals surface area contributed by atoms with Crippen LogP contribution in [0, 0.1) is 39.9 Å². The predicted molar refractivity (Wildman–Crippen MR) is 133 cm³/mol. The topological polar surface area (TPSA) is 68.0 Å². The smallest absolute Gasteiger partial charge is 0.157 e. The minimum Gasteiger partial charge on any atom is -0.390 e. The number of hydrogen-bond donors (Lipinski definition) is 1. The minimum absolute atomic E-state index is 0.115. The number of carbonyl (C=O) groups is 1. The van der Waals surface area contributed by atoms with E-state index in [2.05, 4.69) is 30.9 Å². The number of nitrogens with zero attached hydrogens (tertiary/aromatic N) is 3. The maximum Gasteiger partial charge on any atom is 0.157 e. The fourth-order valence-electron chi connectivity index (χ4n) is 9.76. The van der Waals surface area contributed by atoms with E-state index in [0.29, 0.717) is 23.7 Å². The van der Waals surface area contributed by atoms with Gasteiger partial charge < -0.3 is 5.11 Å².